The molecule has 0 saturated heterocycles. The first kappa shape index (κ1) is 14.9. The van der Waals surface area contributed by atoms with E-state index in [-0.39, 0.29) is 24.6 Å². The van der Waals surface area contributed by atoms with E-state index in [1.54, 1.807) is 18.2 Å². The number of benzene rings is 1. The monoisotopic (exact) mass is 338 g/mol. The van der Waals surface area contributed by atoms with Crippen LogP contribution in [0.4, 0.5) is 30.6 Å². The van der Waals surface area contributed by atoms with Crippen LogP contribution >= 0.6 is 0 Å². The molecule has 1 aliphatic carbocycles. The Hall–Kier alpha value is -2.71. The van der Waals surface area contributed by atoms with Gasteiger partial charge in [0.2, 0.25) is 12.7 Å². The highest BCUT2D eigenvalue weighted by molar-refractivity contribution is 5.62. The van der Waals surface area contributed by atoms with E-state index in [2.05, 4.69) is 20.6 Å². The van der Waals surface area contributed by atoms with Crippen molar-refractivity contribution in [2.24, 2.45) is 0 Å². The van der Waals surface area contributed by atoms with Crippen LogP contribution in [0, 0.1) is 0 Å². The van der Waals surface area contributed by atoms with Gasteiger partial charge in [0.15, 0.2) is 17.2 Å². The van der Waals surface area contributed by atoms with Crippen LogP contribution in [-0.4, -0.2) is 22.8 Å². The van der Waals surface area contributed by atoms with E-state index in [0.29, 0.717) is 17.2 Å². The molecule has 1 saturated carbocycles. The summed E-state index contributed by atoms with van der Waals surface area (Å²) < 4.78 is 49.6. The molecule has 24 heavy (non-hydrogen) atoms. The van der Waals surface area contributed by atoms with Crippen LogP contribution < -0.4 is 20.1 Å². The molecule has 1 aromatic heterocycles. The van der Waals surface area contributed by atoms with Crippen LogP contribution in [0.25, 0.3) is 0 Å². The van der Waals surface area contributed by atoms with E-state index in [1.165, 1.54) is 0 Å². The zero-order valence-electron chi connectivity index (χ0n) is 12.4. The van der Waals surface area contributed by atoms with Crippen molar-refractivity contribution in [2.75, 3.05) is 17.4 Å². The summed E-state index contributed by atoms with van der Waals surface area (Å²) in [6.07, 6.45) is -2.73. The Morgan fingerprint density at radius 1 is 1.04 bits per heavy atom. The summed E-state index contributed by atoms with van der Waals surface area (Å²) in [4.78, 5) is 7.66. The molecule has 2 heterocycles. The molecule has 2 aromatic rings. The van der Waals surface area contributed by atoms with Gasteiger partial charge < -0.3 is 20.1 Å². The van der Waals surface area contributed by atoms with Gasteiger partial charge >= 0.3 is 6.18 Å². The molecule has 4 rings (SSSR count). The first-order valence-corrected chi connectivity index (χ1v) is 7.37. The van der Waals surface area contributed by atoms with Crippen molar-refractivity contribution < 1.29 is 22.6 Å². The van der Waals surface area contributed by atoms with Crippen molar-refractivity contribution >= 4 is 17.5 Å². The zero-order valence-corrected chi connectivity index (χ0v) is 12.4. The number of aromatic nitrogens is 2. The third kappa shape index (κ3) is 3.15. The van der Waals surface area contributed by atoms with Gasteiger partial charge in [0.25, 0.3) is 0 Å². The van der Waals surface area contributed by atoms with E-state index in [0.717, 1.165) is 18.9 Å². The fraction of sp³-hybridized carbons (Fsp3) is 0.333. The lowest BCUT2D eigenvalue weighted by Crippen LogP contribution is -2.14. The summed E-state index contributed by atoms with van der Waals surface area (Å²) >= 11 is 0. The second-order valence-corrected chi connectivity index (χ2v) is 5.57. The number of halogens is 3. The Kier molecular flexibility index (Phi) is 3.36. The van der Waals surface area contributed by atoms with Crippen molar-refractivity contribution in [2.45, 2.75) is 25.1 Å². The van der Waals surface area contributed by atoms with Crippen molar-refractivity contribution in [3.8, 4) is 11.5 Å². The van der Waals surface area contributed by atoms with E-state index in [4.69, 9.17) is 9.47 Å². The minimum Gasteiger partial charge on any atom is -0.454 e. The summed E-state index contributed by atoms with van der Waals surface area (Å²) in [7, 11) is 0. The van der Waals surface area contributed by atoms with Gasteiger partial charge in [-0.15, -0.1) is 0 Å². The number of hydrogen-bond acceptors (Lipinski definition) is 6. The number of fused-ring (bicyclic) bond motifs is 1. The molecule has 1 aromatic carbocycles. The molecule has 0 spiro atoms. The molecule has 126 valence electrons. The quantitative estimate of drug-likeness (QED) is 0.889. The lowest BCUT2D eigenvalue weighted by molar-refractivity contribution is -0.141. The zero-order chi connectivity index (χ0) is 16.7. The van der Waals surface area contributed by atoms with Crippen LogP contribution in [0.2, 0.25) is 0 Å². The van der Waals surface area contributed by atoms with Crippen molar-refractivity contribution in [3.63, 3.8) is 0 Å². The minimum atomic E-state index is -4.55. The minimum absolute atomic E-state index is 0.0319. The fourth-order valence-corrected chi connectivity index (χ4v) is 2.25. The predicted octanol–water partition coefficient (Wildman–Crippen LogP) is 3.54. The molecular formula is C15H13F3N4O2. The third-order valence-corrected chi connectivity index (χ3v) is 3.57. The van der Waals surface area contributed by atoms with E-state index < -0.39 is 11.9 Å². The molecule has 1 aliphatic heterocycles. The number of rotatable bonds is 4. The highest BCUT2D eigenvalue weighted by Gasteiger charge is 2.34. The number of ether oxygens (including phenoxy) is 2. The lowest BCUT2D eigenvalue weighted by atomic mass is 10.2. The van der Waals surface area contributed by atoms with Crippen LogP contribution in [-0.2, 0) is 6.18 Å². The number of hydrogen-bond donors (Lipinski definition) is 2. The van der Waals surface area contributed by atoms with Crippen molar-refractivity contribution in [1.29, 1.82) is 0 Å². The van der Waals surface area contributed by atoms with Gasteiger partial charge in [0, 0.05) is 23.9 Å². The van der Waals surface area contributed by atoms with Crippen molar-refractivity contribution in [3.05, 3.63) is 30.0 Å². The van der Waals surface area contributed by atoms with Gasteiger partial charge in [-0.05, 0) is 25.0 Å². The van der Waals surface area contributed by atoms with E-state index in [9.17, 15) is 13.2 Å². The number of alkyl halides is 3. The van der Waals surface area contributed by atoms with Gasteiger partial charge in [0.05, 0.1) is 0 Å². The topological polar surface area (TPSA) is 68.3 Å². The molecule has 2 N–H and O–H groups in total. The summed E-state index contributed by atoms with van der Waals surface area (Å²) in [6, 6.07) is 6.03. The van der Waals surface area contributed by atoms with Gasteiger partial charge in [-0.25, -0.2) is 4.98 Å². The first-order valence-electron chi connectivity index (χ1n) is 7.37. The number of nitrogens with zero attached hydrogens (tertiary/aromatic N) is 2. The predicted molar refractivity (Wildman–Crippen MR) is 79.5 cm³/mol. The lowest BCUT2D eigenvalue weighted by Gasteiger charge is -2.12. The maximum atomic E-state index is 13.0. The Labute approximate surface area is 135 Å². The highest BCUT2D eigenvalue weighted by Crippen LogP contribution is 2.36. The molecule has 0 bridgehead atoms. The maximum absolute atomic E-state index is 13.0. The Balaban J connectivity index is 1.63. The van der Waals surface area contributed by atoms with Gasteiger partial charge in [0.1, 0.15) is 5.82 Å². The normalized spacial score (nSPS) is 16.1. The average Bonchev–Trinajstić information content (AvgIpc) is 3.20. The number of anilines is 3. The van der Waals surface area contributed by atoms with Gasteiger partial charge in [-0.3, -0.25) is 0 Å². The Morgan fingerprint density at radius 2 is 1.83 bits per heavy atom. The van der Waals surface area contributed by atoms with Crippen molar-refractivity contribution in [1.82, 2.24) is 9.97 Å². The average molecular weight is 338 g/mol. The van der Waals surface area contributed by atoms with Crippen LogP contribution in [0.3, 0.4) is 0 Å². The highest BCUT2D eigenvalue weighted by atomic mass is 19.4. The third-order valence-electron chi connectivity index (χ3n) is 3.57. The summed E-state index contributed by atoms with van der Waals surface area (Å²) in [5, 5.41) is 5.74. The molecule has 0 unspecified atom stereocenters. The molecule has 1 fully saturated rings. The standard InChI is InChI=1S/C15H13F3N4O2/c16-15(17,18)12-6-13(22-14(21-12)20-8-1-2-8)19-9-3-4-10-11(5-9)24-7-23-10/h3-6,8H,1-2,7H2,(H2,19,20,21,22). The Morgan fingerprint density at radius 3 is 2.58 bits per heavy atom. The summed E-state index contributed by atoms with van der Waals surface area (Å²) in [6.45, 7) is 0.125. The van der Waals surface area contributed by atoms with Crippen LogP contribution in [0.15, 0.2) is 24.3 Å². The second kappa shape index (κ2) is 5.43. The Bertz CT molecular complexity index is 778. The molecule has 0 radical (unpaired) electrons. The molecular weight excluding hydrogens is 325 g/mol. The van der Waals surface area contributed by atoms with Gasteiger partial charge in [-0.2, -0.15) is 18.2 Å². The molecule has 6 nitrogen and oxygen atoms in total. The van der Waals surface area contributed by atoms with Crippen LogP contribution in [0.1, 0.15) is 18.5 Å². The fourth-order valence-electron chi connectivity index (χ4n) is 2.25. The molecule has 2 aliphatic rings. The summed E-state index contributed by atoms with van der Waals surface area (Å²) in [5.74, 6) is 1.15. The molecule has 0 atom stereocenters. The largest absolute Gasteiger partial charge is 0.454 e. The smallest absolute Gasteiger partial charge is 0.433 e. The maximum Gasteiger partial charge on any atom is 0.433 e. The molecule has 9 heteroatoms. The first-order chi connectivity index (χ1) is 11.5. The van der Waals surface area contributed by atoms with E-state index >= 15 is 0 Å². The molecule has 0 amide bonds. The SMILES string of the molecule is FC(F)(F)c1cc(Nc2ccc3c(c2)OCO3)nc(NC2CC2)n1. The number of nitrogens with one attached hydrogen (secondary N) is 2. The van der Waals surface area contributed by atoms with E-state index in [1.807, 2.05) is 0 Å². The summed E-state index contributed by atoms with van der Waals surface area (Å²) in [5.41, 5.74) is -0.452. The van der Waals surface area contributed by atoms with Gasteiger partial charge in [-0.1, -0.05) is 0 Å². The van der Waals surface area contributed by atoms with Crippen LogP contribution in [0.5, 0.6) is 11.5 Å². The second-order valence-electron chi connectivity index (χ2n) is 5.57.